The van der Waals surface area contributed by atoms with Crippen molar-refractivity contribution in [3.8, 4) is 5.75 Å². The molecule has 0 bridgehead atoms. The highest BCUT2D eigenvalue weighted by atomic mass is 19.1. The zero-order chi connectivity index (χ0) is 10.0. The van der Waals surface area contributed by atoms with Crippen molar-refractivity contribution in [2.24, 2.45) is 5.73 Å². The van der Waals surface area contributed by atoms with E-state index < -0.39 is 0 Å². The molecule has 1 rings (SSSR count). The summed E-state index contributed by atoms with van der Waals surface area (Å²) in [6.07, 6.45) is 0. The fourth-order valence-corrected chi connectivity index (χ4v) is 1.18. The van der Waals surface area contributed by atoms with E-state index in [4.69, 9.17) is 5.73 Å². The maximum Gasteiger partial charge on any atom is 0.127 e. The lowest BCUT2D eigenvalue weighted by molar-refractivity contribution is 0.465. The summed E-state index contributed by atoms with van der Waals surface area (Å²) in [6.45, 7) is 3.86. The Hall–Kier alpha value is -1.09. The SMILES string of the molecule is Cc1cc(F)c(C(C)CN)cc1O. The van der Waals surface area contributed by atoms with Gasteiger partial charge in [0.15, 0.2) is 0 Å². The first-order valence-electron chi connectivity index (χ1n) is 4.25. The smallest absolute Gasteiger partial charge is 0.127 e. The van der Waals surface area contributed by atoms with Gasteiger partial charge < -0.3 is 10.8 Å². The lowest BCUT2D eigenvalue weighted by atomic mass is 9.99. The number of phenols is 1. The fraction of sp³-hybridized carbons (Fsp3) is 0.400. The summed E-state index contributed by atoms with van der Waals surface area (Å²) in [5.41, 5.74) is 6.44. The largest absolute Gasteiger partial charge is 0.508 e. The Labute approximate surface area is 77.2 Å². The van der Waals surface area contributed by atoms with Crippen LogP contribution < -0.4 is 5.73 Å². The number of hydrogen-bond acceptors (Lipinski definition) is 2. The van der Waals surface area contributed by atoms with Gasteiger partial charge in [0.2, 0.25) is 0 Å². The topological polar surface area (TPSA) is 46.2 Å². The van der Waals surface area contributed by atoms with Crippen LogP contribution in [0.5, 0.6) is 5.75 Å². The van der Waals surface area contributed by atoms with E-state index in [2.05, 4.69) is 0 Å². The van der Waals surface area contributed by atoms with Crippen LogP contribution in [0.25, 0.3) is 0 Å². The Morgan fingerprint density at radius 1 is 1.54 bits per heavy atom. The Morgan fingerprint density at radius 3 is 2.69 bits per heavy atom. The van der Waals surface area contributed by atoms with Gasteiger partial charge in [0.05, 0.1) is 0 Å². The summed E-state index contributed by atoms with van der Waals surface area (Å²) in [6, 6.07) is 2.78. The maximum absolute atomic E-state index is 13.3. The second kappa shape index (κ2) is 3.75. The summed E-state index contributed by atoms with van der Waals surface area (Å²) in [5, 5.41) is 9.36. The van der Waals surface area contributed by atoms with Gasteiger partial charge in [0, 0.05) is 0 Å². The standard InChI is InChI=1S/C10H14FNO/c1-6-3-9(11)8(4-10(6)13)7(2)5-12/h3-4,7,13H,5,12H2,1-2H3. The van der Waals surface area contributed by atoms with E-state index in [0.717, 1.165) is 0 Å². The van der Waals surface area contributed by atoms with Crippen LogP contribution in [0.15, 0.2) is 12.1 Å². The molecule has 1 unspecified atom stereocenters. The molecule has 0 fully saturated rings. The Bertz CT molecular complexity index is 312. The maximum atomic E-state index is 13.3. The lowest BCUT2D eigenvalue weighted by Crippen LogP contribution is -2.10. The van der Waals surface area contributed by atoms with Crippen LogP contribution in [0.3, 0.4) is 0 Å². The van der Waals surface area contributed by atoms with Gasteiger partial charge in [-0.25, -0.2) is 4.39 Å². The molecule has 3 N–H and O–H groups in total. The molecular formula is C10H14FNO. The number of benzene rings is 1. The molecule has 13 heavy (non-hydrogen) atoms. The van der Waals surface area contributed by atoms with Gasteiger partial charge in [-0.15, -0.1) is 0 Å². The first-order valence-corrected chi connectivity index (χ1v) is 4.25. The van der Waals surface area contributed by atoms with Crippen LogP contribution in [0.2, 0.25) is 0 Å². The number of phenolic OH excluding ortho intramolecular Hbond substituents is 1. The molecule has 0 radical (unpaired) electrons. The molecule has 3 heteroatoms. The van der Waals surface area contributed by atoms with Crippen molar-refractivity contribution >= 4 is 0 Å². The van der Waals surface area contributed by atoms with E-state index in [0.29, 0.717) is 17.7 Å². The molecule has 0 aromatic heterocycles. The van der Waals surface area contributed by atoms with E-state index in [9.17, 15) is 9.50 Å². The molecule has 0 heterocycles. The molecule has 0 saturated heterocycles. The normalized spacial score (nSPS) is 12.9. The molecule has 72 valence electrons. The van der Waals surface area contributed by atoms with Crippen LogP contribution in [-0.2, 0) is 0 Å². The third-order valence-corrected chi connectivity index (χ3v) is 2.20. The second-order valence-corrected chi connectivity index (χ2v) is 3.30. The molecule has 0 aliphatic rings. The van der Waals surface area contributed by atoms with Gasteiger partial charge >= 0.3 is 0 Å². The monoisotopic (exact) mass is 183 g/mol. The third kappa shape index (κ3) is 1.98. The summed E-state index contributed by atoms with van der Waals surface area (Å²) >= 11 is 0. The van der Waals surface area contributed by atoms with Crippen LogP contribution in [0.4, 0.5) is 4.39 Å². The molecule has 1 aromatic carbocycles. The van der Waals surface area contributed by atoms with Gasteiger partial charge in [0.25, 0.3) is 0 Å². The van der Waals surface area contributed by atoms with E-state index in [1.165, 1.54) is 12.1 Å². The zero-order valence-electron chi connectivity index (χ0n) is 7.84. The van der Waals surface area contributed by atoms with Gasteiger partial charge in [-0.3, -0.25) is 0 Å². The van der Waals surface area contributed by atoms with Gasteiger partial charge in [0.1, 0.15) is 11.6 Å². The van der Waals surface area contributed by atoms with Crippen molar-refractivity contribution < 1.29 is 9.50 Å². The van der Waals surface area contributed by atoms with E-state index in [1.54, 1.807) is 6.92 Å². The number of rotatable bonds is 2. The number of nitrogens with two attached hydrogens (primary N) is 1. The molecule has 2 nitrogen and oxygen atoms in total. The van der Waals surface area contributed by atoms with Crippen LogP contribution in [0.1, 0.15) is 24.0 Å². The molecule has 1 aromatic rings. The molecule has 1 atom stereocenters. The zero-order valence-corrected chi connectivity index (χ0v) is 7.84. The molecule has 0 aliphatic carbocycles. The first-order chi connectivity index (χ1) is 6.06. The van der Waals surface area contributed by atoms with Crippen molar-refractivity contribution in [2.75, 3.05) is 6.54 Å². The highest BCUT2D eigenvalue weighted by Gasteiger charge is 2.11. The molecule has 0 aliphatic heterocycles. The number of aromatic hydroxyl groups is 1. The van der Waals surface area contributed by atoms with E-state index in [-0.39, 0.29) is 17.5 Å². The summed E-state index contributed by atoms with van der Waals surface area (Å²) < 4.78 is 13.3. The van der Waals surface area contributed by atoms with Crippen molar-refractivity contribution in [3.63, 3.8) is 0 Å². The quantitative estimate of drug-likeness (QED) is 0.735. The lowest BCUT2D eigenvalue weighted by Gasteiger charge is -2.11. The Kier molecular flexibility index (Phi) is 2.88. The molecular weight excluding hydrogens is 169 g/mol. The molecule has 0 spiro atoms. The molecule has 0 saturated carbocycles. The highest BCUT2D eigenvalue weighted by molar-refractivity contribution is 5.37. The second-order valence-electron chi connectivity index (χ2n) is 3.30. The highest BCUT2D eigenvalue weighted by Crippen LogP contribution is 2.25. The summed E-state index contributed by atoms with van der Waals surface area (Å²) in [4.78, 5) is 0. The van der Waals surface area contributed by atoms with Crippen LogP contribution in [-0.4, -0.2) is 11.7 Å². The fourth-order valence-electron chi connectivity index (χ4n) is 1.18. The molecule has 0 amide bonds. The Balaban J connectivity index is 3.15. The predicted molar refractivity (Wildman–Crippen MR) is 50.3 cm³/mol. The number of halogens is 1. The minimum atomic E-state index is -0.298. The van der Waals surface area contributed by atoms with Crippen molar-refractivity contribution in [1.29, 1.82) is 0 Å². The van der Waals surface area contributed by atoms with Crippen LogP contribution >= 0.6 is 0 Å². The minimum Gasteiger partial charge on any atom is -0.508 e. The average Bonchev–Trinajstić information content (AvgIpc) is 2.10. The third-order valence-electron chi connectivity index (χ3n) is 2.20. The number of hydrogen-bond donors (Lipinski definition) is 2. The first kappa shape index (κ1) is 9.99. The Morgan fingerprint density at radius 2 is 2.15 bits per heavy atom. The number of aryl methyl sites for hydroxylation is 1. The average molecular weight is 183 g/mol. The van der Waals surface area contributed by atoms with E-state index in [1.807, 2.05) is 6.92 Å². The summed E-state index contributed by atoms with van der Waals surface area (Å²) in [5.74, 6) is -0.239. The predicted octanol–water partition coefficient (Wildman–Crippen LogP) is 1.90. The van der Waals surface area contributed by atoms with Crippen molar-refractivity contribution in [2.45, 2.75) is 19.8 Å². The van der Waals surface area contributed by atoms with Crippen molar-refractivity contribution in [1.82, 2.24) is 0 Å². The van der Waals surface area contributed by atoms with Crippen molar-refractivity contribution in [3.05, 3.63) is 29.1 Å². The van der Waals surface area contributed by atoms with Crippen LogP contribution in [0, 0.1) is 12.7 Å². The summed E-state index contributed by atoms with van der Waals surface area (Å²) in [7, 11) is 0. The van der Waals surface area contributed by atoms with Gasteiger partial charge in [-0.1, -0.05) is 6.92 Å². The van der Waals surface area contributed by atoms with E-state index >= 15 is 0 Å². The van der Waals surface area contributed by atoms with Gasteiger partial charge in [-0.2, -0.15) is 0 Å². The van der Waals surface area contributed by atoms with Gasteiger partial charge in [-0.05, 0) is 42.6 Å². The minimum absolute atomic E-state index is 0.0634.